The molecule has 1 heterocycles. The third-order valence-corrected chi connectivity index (χ3v) is 7.84. The van der Waals surface area contributed by atoms with Crippen LogP contribution in [0.15, 0.2) is 17.2 Å². The third kappa shape index (κ3) is 4.63. The Morgan fingerprint density at radius 1 is 1.16 bits per heavy atom. The van der Waals surface area contributed by atoms with Gasteiger partial charge >= 0.3 is 29.6 Å². The molecule has 8 nitrogen and oxygen atoms in total. The number of rotatable bonds is 6. The molecule has 1 aromatic carbocycles. The number of nitrogens with one attached hydrogen (secondary N) is 1. The number of carbonyl (C=O) groups excluding carboxylic acids is 1. The Balaban J connectivity index is 0.00000245. The number of amides is 2. The summed E-state index contributed by atoms with van der Waals surface area (Å²) in [7, 11) is -0.452. The normalized spacial score (nSPS) is 17.1. The summed E-state index contributed by atoms with van der Waals surface area (Å²) in [5.41, 5.74) is 6.40. The molecule has 3 aliphatic rings. The van der Waals surface area contributed by atoms with Gasteiger partial charge in [0.15, 0.2) is 11.1 Å². The predicted molar refractivity (Wildman–Crippen MR) is 118 cm³/mol. The van der Waals surface area contributed by atoms with Gasteiger partial charge in [0.2, 0.25) is 10.0 Å². The maximum Gasteiger partial charge on any atom is 1.00 e. The Bertz CT molecular complexity index is 1120. The van der Waals surface area contributed by atoms with E-state index in [1.165, 1.54) is 30.0 Å². The molecule has 1 fully saturated rings. The van der Waals surface area contributed by atoms with E-state index in [-0.39, 0.29) is 34.6 Å². The fourth-order valence-electron chi connectivity index (χ4n) is 4.90. The fourth-order valence-corrected chi connectivity index (χ4v) is 5.77. The molecule has 1 saturated carbocycles. The minimum absolute atomic E-state index is 0. The number of aryl methyl sites for hydroxylation is 3. The molecule has 2 amide bonds. The van der Waals surface area contributed by atoms with Crippen molar-refractivity contribution in [3.63, 3.8) is 0 Å². The average molecular weight is 466 g/mol. The van der Waals surface area contributed by atoms with Gasteiger partial charge in [-0.3, -0.25) is 14.4 Å². The molecule has 0 spiro atoms. The number of anilines is 1. The molecule has 1 aromatic heterocycles. The van der Waals surface area contributed by atoms with Crippen molar-refractivity contribution in [2.45, 2.75) is 69.0 Å². The van der Waals surface area contributed by atoms with Gasteiger partial charge in [-0.05, 0) is 92.4 Å². The summed E-state index contributed by atoms with van der Waals surface area (Å²) in [5, 5.41) is 6.75. The molecule has 0 atom stereocenters. The van der Waals surface area contributed by atoms with E-state index in [0.717, 1.165) is 61.0 Å². The number of benzene rings is 1. The van der Waals surface area contributed by atoms with E-state index in [1.807, 2.05) is 7.05 Å². The quantitative estimate of drug-likeness (QED) is 0.619. The number of hydrogen-bond donors (Lipinski definition) is 1. The fraction of sp³-hybridized carbons (Fsp3) is 0.545. The van der Waals surface area contributed by atoms with Crippen molar-refractivity contribution < 1.29 is 42.8 Å². The Morgan fingerprint density at radius 3 is 2.38 bits per heavy atom. The van der Waals surface area contributed by atoms with Crippen molar-refractivity contribution in [1.82, 2.24) is 14.7 Å². The molecule has 0 bridgehead atoms. The molecule has 0 saturated heterocycles. The number of urea groups is 1. The zero-order valence-electron chi connectivity index (χ0n) is 19.0. The van der Waals surface area contributed by atoms with Crippen LogP contribution in [-0.4, -0.2) is 42.2 Å². The predicted octanol–water partition coefficient (Wildman–Crippen LogP) is 0.290. The van der Waals surface area contributed by atoms with E-state index in [9.17, 15) is 13.2 Å². The van der Waals surface area contributed by atoms with E-state index in [2.05, 4.69) is 26.1 Å². The first-order chi connectivity index (χ1) is 14.8. The van der Waals surface area contributed by atoms with Crippen LogP contribution in [0.4, 0.5) is 10.5 Å². The minimum atomic E-state index is -4.19. The molecule has 2 aromatic rings. The number of hydrogen-bond acceptors (Lipinski definition) is 5. The zero-order chi connectivity index (χ0) is 21.8. The molecule has 32 heavy (non-hydrogen) atoms. The van der Waals surface area contributed by atoms with Gasteiger partial charge < -0.3 is 10.0 Å². The van der Waals surface area contributed by atoms with Gasteiger partial charge in [0.1, 0.15) is 0 Å². The number of aromatic nitrogens is 2. The van der Waals surface area contributed by atoms with Crippen LogP contribution in [0.1, 0.15) is 53.6 Å². The second-order valence-corrected chi connectivity index (χ2v) is 10.5. The van der Waals surface area contributed by atoms with Gasteiger partial charge in [-0.2, -0.15) is 5.10 Å². The summed E-state index contributed by atoms with van der Waals surface area (Å²) in [6, 6.07) is 3.49. The van der Waals surface area contributed by atoms with Crippen LogP contribution in [-0.2, 0) is 49.3 Å². The summed E-state index contributed by atoms with van der Waals surface area (Å²) in [5.74, 6) is 0. The van der Waals surface area contributed by atoms with Gasteiger partial charge in [-0.25, -0.2) is 8.42 Å². The summed E-state index contributed by atoms with van der Waals surface area (Å²) in [6.45, 7) is 0.609. The second-order valence-electron chi connectivity index (χ2n) is 8.97. The van der Waals surface area contributed by atoms with E-state index in [0.29, 0.717) is 12.6 Å². The largest absolute Gasteiger partial charge is 1.00 e. The third-order valence-electron chi connectivity index (χ3n) is 6.71. The number of nitrogens with zero attached hydrogens (tertiary/aromatic N) is 4. The molecule has 10 heteroatoms. The van der Waals surface area contributed by atoms with Crippen LogP contribution in [0.3, 0.4) is 0 Å². The first-order valence-corrected chi connectivity index (χ1v) is 12.4. The Kier molecular flexibility index (Phi) is 6.76. The van der Waals surface area contributed by atoms with E-state index >= 15 is 0 Å². The molecule has 3 aliphatic carbocycles. The molecule has 0 radical (unpaired) electrons. The van der Waals surface area contributed by atoms with Crippen molar-refractivity contribution in [3.05, 3.63) is 44.8 Å². The van der Waals surface area contributed by atoms with Crippen LogP contribution < -0.4 is 34.9 Å². The van der Waals surface area contributed by atoms with Crippen molar-refractivity contribution in [2.75, 3.05) is 12.4 Å². The van der Waals surface area contributed by atoms with Crippen molar-refractivity contribution >= 4 is 21.7 Å². The maximum atomic E-state index is 12.8. The second kappa shape index (κ2) is 9.10. The minimum Gasteiger partial charge on any atom is -0.423 e. The summed E-state index contributed by atoms with van der Waals surface area (Å²) in [6.07, 6.45) is 8.28. The summed E-state index contributed by atoms with van der Waals surface area (Å²) < 4.78 is 30.7. The number of fused-ring (bicyclic) bond motifs is 2. The molecule has 0 aliphatic heterocycles. The van der Waals surface area contributed by atoms with Gasteiger partial charge in [-0.1, -0.05) is 6.07 Å². The van der Waals surface area contributed by atoms with E-state index in [4.69, 9.17) is 0 Å². The Labute approximate surface area is 211 Å². The molecular formula is C22H28N5NaO3S. The van der Waals surface area contributed by atoms with Crippen LogP contribution in [0.2, 0.25) is 0 Å². The number of carbonyl (C=O) groups is 1. The molecular weight excluding hydrogens is 437 g/mol. The summed E-state index contributed by atoms with van der Waals surface area (Å²) >= 11 is 0. The first kappa shape index (κ1) is 23.8. The van der Waals surface area contributed by atoms with Crippen LogP contribution in [0.5, 0.6) is 0 Å². The molecule has 0 unspecified atom stereocenters. The van der Waals surface area contributed by atoms with Crippen molar-refractivity contribution in [2.24, 2.45) is 7.05 Å². The van der Waals surface area contributed by atoms with Crippen LogP contribution in [0, 0.1) is 0 Å². The Hall–Kier alpha value is -1.39. The van der Waals surface area contributed by atoms with E-state index < -0.39 is 16.1 Å². The summed E-state index contributed by atoms with van der Waals surface area (Å²) in [4.78, 5) is 14.9. The van der Waals surface area contributed by atoms with Gasteiger partial charge in [0.25, 0.3) is 0 Å². The molecule has 166 valence electrons. The first-order valence-electron chi connectivity index (χ1n) is 11.0. The SMILES string of the molecule is CN(Cc1cc(S(=O)(=O)[N-]C(=O)Nc2c3c(cc4c2CCC4)CCC3)nn1C)C1CC1.[Na+]. The topological polar surface area (TPSA) is 98.4 Å². The monoisotopic (exact) mass is 465 g/mol. The standard InChI is InChI=1S/C22H29N5O3S.Na/c1-26(16-9-10-16)13-17-12-20(24-27(17)2)31(29,30)25-22(28)23-21-18-7-3-5-14(18)11-15-6-4-8-19(15)21;/h11-12,16H,3-10,13H2,1-2H3,(H2,23,25,28);/q;+1/p-1. The van der Waals surface area contributed by atoms with Crippen LogP contribution >= 0.6 is 0 Å². The van der Waals surface area contributed by atoms with Gasteiger partial charge in [-0.15, -0.1) is 0 Å². The molecule has 1 N–H and O–H groups in total. The van der Waals surface area contributed by atoms with Gasteiger partial charge in [0.05, 0.1) is 5.69 Å². The van der Waals surface area contributed by atoms with Gasteiger partial charge in [0, 0.05) is 19.6 Å². The Morgan fingerprint density at radius 2 is 1.78 bits per heavy atom. The molecule has 5 rings (SSSR count). The smallest absolute Gasteiger partial charge is 0.423 e. The van der Waals surface area contributed by atoms with Crippen LogP contribution in [0.25, 0.3) is 4.72 Å². The zero-order valence-corrected chi connectivity index (χ0v) is 21.8. The van der Waals surface area contributed by atoms with Crippen molar-refractivity contribution in [3.8, 4) is 0 Å². The van der Waals surface area contributed by atoms with E-state index in [1.54, 1.807) is 11.7 Å². The maximum absolute atomic E-state index is 12.8. The number of sulfonamides is 1. The van der Waals surface area contributed by atoms with Crippen molar-refractivity contribution in [1.29, 1.82) is 0 Å². The average Bonchev–Trinajstić information content (AvgIpc) is 3.08.